The van der Waals surface area contributed by atoms with Gasteiger partial charge in [0.15, 0.2) is 5.78 Å². The number of epoxide rings is 1. The van der Waals surface area contributed by atoms with Gasteiger partial charge in [-0.15, -0.1) is 0 Å². The molecule has 6 nitrogen and oxygen atoms in total. The molecule has 9 atom stereocenters. The standard InChI is InChI=1S/C24H35NO5/c1-11(2)8-16-18-14(5)13(4)10-15-9-12(3)6-7-17(26)19(27)20-21(30-20)22(28)24(15,18)23(29)25-16/h9-11,14-21,26-27H,6-8H2,1-5H3,(H,25,29)/b12-9+/t14-,15+,16+,17-,18+,19-,20-,21-,24+/m1/s1. The smallest absolute Gasteiger partial charge is 0.235 e. The van der Waals surface area contributed by atoms with Crippen molar-refractivity contribution >= 4 is 11.7 Å². The van der Waals surface area contributed by atoms with Crippen LogP contribution in [-0.2, 0) is 14.3 Å². The molecular formula is C24H35NO5. The van der Waals surface area contributed by atoms with E-state index in [1.54, 1.807) is 0 Å². The number of nitrogens with one attached hydrogen (secondary N) is 1. The Labute approximate surface area is 178 Å². The van der Waals surface area contributed by atoms with E-state index in [-0.39, 0.29) is 35.5 Å². The number of aliphatic hydroxyl groups is 2. The van der Waals surface area contributed by atoms with Crippen LogP contribution in [0.25, 0.3) is 0 Å². The van der Waals surface area contributed by atoms with E-state index in [2.05, 4.69) is 39.1 Å². The molecule has 1 spiro atoms. The Balaban J connectivity index is 1.87. The van der Waals surface area contributed by atoms with Crippen molar-refractivity contribution in [3.8, 4) is 0 Å². The molecule has 0 aromatic carbocycles. The highest BCUT2D eigenvalue weighted by Crippen LogP contribution is 2.57. The van der Waals surface area contributed by atoms with Gasteiger partial charge in [0.2, 0.25) is 5.91 Å². The molecule has 0 aromatic rings. The summed E-state index contributed by atoms with van der Waals surface area (Å²) in [6.45, 7) is 10.4. The van der Waals surface area contributed by atoms with E-state index in [9.17, 15) is 19.8 Å². The van der Waals surface area contributed by atoms with Crippen LogP contribution in [-0.4, -0.2) is 52.4 Å². The van der Waals surface area contributed by atoms with Crippen LogP contribution in [0, 0.1) is 29.1 Å². The van der Waals surface area contributed by atoms with Crippen LogP contribution in [0.3, 0.4) is 0 Å². The largest absolute Gasteiger partial charge is 0.390 e. The Morgan fingerprint density at radius 2 is 1.93 bits per heavy atom. The summed E-state index contributed by atoms with van der Waals surface area (Å²) < 4.78 is 5.61. The number of carbonyl (C=O) groups is 2. The molecule has 2 fully saturated rings. The highest BCUT2D eigenvalue weighted by molar-refractivity contribution is 6.12. The van der Waals surface area contributed by atoms with Gasteiger partial charge in [-0.1, -0.05) is 44.1 Å². The van der Waals surface area contributed by atoms with Crippen LogP contribution in [0.2, 0.25) is 0 Å². The summed E-state index contributed by atoms with van der Waals surface area (Å²) in [4.78, 5) is 27.6. The van der Waals surface area contributed by atoms with Crippen LogP contribution in [0.1, 0.15) is 53.9 Å². The molecule has 0 aromatic heterocycles. The zero-order valence-electron chi connectivity index (χ0n) is 18.6. The van der Waals surface area contributed by atoms with Gasteiger partial charge in [-0.05, 0) is 44.9 Å². The summed E-state index contributed by atoms with van der Waals surface area (Å²) in [6, 6.07) is -0.0749. The summed E-state index contributed by atoms with van der Waals surface area (Å²) in [5.41, 5.74) is 0.993. The quantitative estimate of drug-likeness (QED) is 0.363. The lowest BCUT2D eigenvalue weighted by atomic mass is 9.54. The summed E-state index contributed by atoms with van der Waals surface area (Å²) in [5.74, 6) is -0.485. The molecule has 2 heterocycles. The zero-order chi connectivity index (χ0) is 22.0. The zero-order valence-corrected chi connectivity index (χ0v) is 18.6. The number of hydrogen-bond acceptors (Lipinski definition) is 5. The van der Waals surface area contributed by atoms with Crippen molar-refractivity contribution in [1.82, 2.24) is 5.32 Å². The summed E-state index contributed by atoms with van der Waals surface area (Å²) in [6.07, 6.45) is 2.29. The second kappa shape index (κ2) is 7.57. The maximum atomic E-state index is 14.0. The molecule has 4 aliphatic rings. The molecule has 1 amide bonds. The third-order valence-corrected chi connectivity index (χ3v) is 7.82. The normalized spacial score (nSPS) is 47.9. The van der Waals surface area contributed by atoms with Gasteiger partial charge in [-0.2, -0.15) is 0 Å². The van der Waals surface area contributed by atoms with Crippen molar-refractivity contribution in [2.24, 2.45) is 29.1 Å². The number of ketones is 1. The molecule has 2 aliphatic carbocycles. The number of carbonyl (C=O) groups excluding carboxylic acids is 2. The van der Waals surface area contributed by atoms with Crippen molar-refractivity contribution in [2.45, 2.75) is 84.3 Å². The maximum absolute atomic E-state index is 14.0. The number of fused-ring (bicyclic) bond motifs is 1. The second-order valence-corrected chi connectivity index (χ2v) is 10.3. The molecule has 3 N–H and O–H groups in total. The Hall–Kier alpha value is -1.50. The predicted molar refractivity (Wildman–Crippen MR) is 112 cm³/mol. The molecule has 166 valence electrons. The van der Waals surface area contributed by atoms with Crippen molar-refractivity contribution < 1.29 is 24.5 Å². The van der Waals surface area contributed by atoms with Crippen molar-refractivity contribution in [3.05, 3.63) is 23.3 Å². The molecule has 0 saturated carbocycles. The fourth-order valence-electron chi connectivity index (χ4n) is 6.13. The third-order valence-electron chi connectivity index (χ3n) is 7.82. The van der Waals surface area contributed by atoms with Crippen LogP contribution >= 0.6 is 0 Å². The summed E-state index contributed by atoms with van der Waals surface area (Å²) in [7, 11) is 0. The number of rotatable bonds is 2. The lowest BCUT2D eigenvalue weighted by Crippen LogP contribution is -2.54. The molecule has 2 aliphatic heterocycles. The van der Waals surface area contributed by atoms with Gasteiger partial charge >= 0.3 is 0 Å². The fraction of sp³-hybridized carbons (Fsp3) is 0.750. The van der Waals surface area contributed by atoms with Gasteiger partial charge in [0.1, 0.15) is 23.7 Å². The first-order valence-electron chi connectivity index (χ1n) is 11.3. The van der Waals surface area contributed by atoms with Crippen LogP contribution < -0.4 is 5.32 Å². The first kappa shape index (κ1) is 21.7. The van der Waals surface area contributed by atoms with Crippen LogP contribution in [0.5, 0.6) is 0 Å². The number of hydrogen-bond donors (Lipinski definition) is 3. The van der Waals surface area contributed by atoms with Crippen LogP contribution in [0.15, 0.2) is 23.3 Å². The fourth-order valence-corrected chi connectivity index (χ4v) is 6.13. The maximum Gasteiger partial charge on any atom is 0.235 e. The topological polar surface area (TPSA) is 99.2 Å². The molecule has 0 bridgehead atoms. The Morgan fingerprint density at radius 3 is 2.60 bits per heavy atom. The van der Waals surface area contributed by atoms with Crippen molar-refractivity contribution in [2.75, 3.05) is 0 Å². The minimum atomic E-state index is -1.23. The monoisotopic (exact) mass is 417 g/mol. The number of ether oxygens (including phenoxy) is 1. The molecule has 2 saturated heterocycles. The molecule has 4 rings (SSSR count). The summed E-state index contributed by atoms with van der Waals surface area (Å²) in [5, 5.41) is 24.0. The van der Waals surface area contributed by atoms with Gasteiger partial charge in [-0.3, -0.25) is 9.59 Å². The van der Waals surface area contributed by atoms with E-state index >= 15 is 0 Å². The SMILES string of the molecule is CC1=C[C@@H]2/C=C(\C)CC[C@@H](O)[C@@H](O)[C@H]3O[C@H]3C(=O)[C@]23C(=O)N[C@@H](CC(C)C)[C@@H]3[C@@H]1C. The number of aliphatic hydroxyl groups excluding tert-OH is 2. The van der Waals surface area contributed by atoms with Gasteiger partial charge in [-0.25, -0.2) is 0 Å². The van der Waals surface area contributed by atoms with Gasteiger partial charge in [0.05, 0.1) is 6.10 Å². The Bertz CT molecular complexity index is 801. The Morgan fingerprint density at radius 1 is 1.23 bits per heavy atom. The first-order chi connectivity index (χ1) is 14.1. The predicted octanol–water partition coefficient (Wildman–Crippen LogP) is 2.14. The number of amides is 1. The molecule has 6 heteroatoms. The van der Waals surface area contributed by atoms with E-state index in [4.69, 9.17) is 4.74 Å². The van der Waals surface area contributed by atoms with E-state index in [0.717, 1.165) is 12.0 Å². The molecule has 0 radical (unpaired) electrons. The number of Topliss-reactive ketones (excluding diaryl/α,β-unsaturated/α-hetero) is 1. The third kappa shape index (κ3) is 3.19. The molecule has 30 heavy (non-hydrogen) atoms. The highest BCUT2D eigenvalue weighted by Gasteiger charge is 2.70. The van der Waals surface area contributed by atoms with Gasteiger partial charge in [0.25, 0.3) is 0 Å². The van der Waals surface area contributed by atoms with E-state index in [1.165, 1.54) is 5.57 Å². The first-order valence-corrected chi connectivity index (χ1v) is 11.3. The highest BCUT2D eigenvalue weighted by atomic mass is 16.6. The summed E-state index contributed by atoms with van der Waals surface area (Å²) >= 11 is 0. The van der Waals surface area contributed by atoms with Crippen LogP contribution in [0.4, 0.5) is 0 Å². The lowest BCUT2D eigenvalue weighted by Gasteiger charge is -2.44. The van der Waals surface area contributed by atoms with Crippen molar-refractivity contribution in [3.63, 3.8) is 0 Å². The molecule has 0 unspecified atom stereocenters. The average molecular weight is 418 g/mol. The number of allylic oxidation sites excluding steroid dienone is 4. The van der Waals surface area contributed by atoms with E-state index in [1.807, 2.05) is 13.0 Å². The van der Waals surface area contributed by atoms with Gasteiger partial charge < -0.3 is 20.3 Å². The molecular weight excluding hydrogens is 382 g/mol. The van der Waals surface area contributed by atoms with Crippen molar-refractivity contribution in [1.29, 1.82) is 0 Å². The van der Waals surface area contributed by atoms with Gasteiger partial charge in [0, 0.05) is 17.9 Å². The van der Waals surface area contributed by atoms with E-state index < -0.39 is 29.8 Å². The Kier molecular flexibility index (Phi) is 5.48. The minimum Gasteiger partial charge on any atom is -0.390 e. The second-order valence-electron chi connectivity index (χ2n) is 10.3. The van der Waals surface area contributed by atoms with E-state index in [0.29, 0.717) is 18.8 Å². The lowest BCUT2D eigenvalue weighted by molar-refractivity contribution is -0.146. The minimum absolute atomic E-state index is 0.0749. The average Bonchev–Trinajstić information content (AvgIpc) is 3.41.